The second-order valence-corrected chi connectivity index (χ2v) is 13.1. The molecule has 0 radical (unpaired) electrons. The van der Waals surface area contributed by atoms with E-state index in [-0.39, 0.29) is 0 Å². The fourth-order valence-corrected chi connectivity index (χ4v) is 6.50. The molecule has 1 aliphatic carbocycles. The van der Waals surface area contributed by atoms with E-state index in [1.807, 2.05) is 0 Å². The van der Waals surface area contributed by atoms with E-state index in [2.05, 4.69) is 100 Å². The summed E-state index contributed by atoms with van der Waals surface area (Å²) in [5.41, 5.74) is 9.58. The third-order valence-electron chi connectivity index (χ3n) is 9.21. The molecule has 256 valence electrons. The molecular weight excluding hydrogens is 592 g/mol. The van der Waals surface area contributed by atoms with Crippen LogP contribution in [0.25, 0.3) is 0 Å². The van der Waals surface area contributed by atoms with E-state index < -0.39 is 0 Å². The van der Waals surface area contributed by atoms with Crippen molar-refractivity contribution in [2.75, 3.05) is 26.4 Å². The van der Waals surface area contributed by atoms with Gasteiger partial charge in [0.05, 0.1) is 26.4 Å². The van der Waals surface area contributed by atoms with Gasteiger partial charge in [0.1, 0.15) is 23.0 Å². The first-order valence-corrected chi connectivity index (χ1v) is 18.6. The predicted octanol–water partition coefficient (Wildman–Crippen LogP) is 11.1. The molecule has 1 aliphatic rings. The van der Waals surface area contributed by atoms with Crippen molar-refractivity contribution in [1.29, 1.82) is 0 Å². The van der Waals surface area contributed by atoms with Crippen LogP contribution in [0.1, 0.15) is 124 Å². The number of rotatable bonds is 16. The summed E-state index contributed by atoms with van der Waals surface area (Å²) in [6.45, 7) is 11.7. The molecule has 4 aromatic rings. The first kappa shape index (κ1) is 35.4. The summed E-state index contributed by atoms with van der Waals surface area (Å²) in [6.07, 6.45) is 11.4. The first-order valence-electron chi connectivity index (χ1n) is 18.6. The highest BCUT2D eigenvalue weighted by Crippen LogP contribution is 2.39. The van der Waals surface area contributed by atoms with Gasteiger partial charge in [0, 0.05) is 25.7 Å². The number of hydrogen-bond acceptors (Lipinski definition) is 4. The topological polar surface area (TPSA) is 36.9 Å². The summed E-state index contributed by atoms with van der Waals surface area (Å²) >= 11 is 0. The lowest BCUT2D eigenvalue weighted by Gasteiger charge is -2.23. The van der Waals surface area contributed by atoms with Crippen molar-refractivity contribution in [3.05, 3.63) is 117 Å². The Kier molecular flexibility index (Phi) is 13.7. The highest BCUT2D eigenvalue weighted by Gasteiger charge is 2.21. The third kappa shape index (κ3) is 9.15. The minimum Gasteiger partial charge on any atom is -0.493 e. The van der Waals surface area contributed by atoms with Crippen LogP contribution in [0.2, 0.25) is 0 Å². The molecule has 4 aromatic carbocycles. The normalized spacial score (nSPS) is 12.4. The molecule has 0 amide bonds. The highest BCUT2D eigenvalue weighted by atomic mass is 16.5. The Labute approximate surface area is 289 Å². The lowest BCUT2D eigenvalue weighted by molar-refractivity contribution is 0.297. The minimum absolute atomic E-state index is 0.704. The van der Waals surface area contributed by atoms with E-state index in [0.29, 0.717) is 26.4 Å². The second-order valence-electron chi connectivity index (χ2n) is 13.1. The van der Waals surface area contributed by atoms with Gasteiger partial charge >= 0.3 is 0 Å². The SMILES string of the molecule is CCCCOc1c2cccc1Cc1cccc(c1OCCCC)Cc1cccc(c1OCCCC)Cc1cccc(c1OCCCC)C2. The Morgan fingerprint density at radius 1 is 0.333 bits per heavy atom. The van der Waals surface area contributed by atoms with Crippen molar-refractivity contribution in [1.82, 2.24) is 0 Å². The van der Waals surface area contributed by atoms with Gasteiger partial charge in [-0.05, 0) is 70.2 Å². The summed E-state index contributed by atoms with van der Waals surface area (Å²) in [5, 5.41) is 0. The minimum atomic E-state index is 0.704. The number of benzene rings is 4. The monoisotopic (exact) mass is 648 g/mol. The standard InChI is InChI=1S/C44H56O4/c1-5-9-25-45-41-33-17-13-18-34(41)30-36-20-15-22-38(43(36)47-27-11-7-3)32-40-24-16-23-39(44(40)48-28-12-8-4)31-37-21-14-19-35(29-33)42(37)46-26-10-6-2/h13-24H,5-12,25-32H2,1-4H3. The van der Waals surface area contributed by atoms with Crippen molar-refractivity contribution >= 4 is 0 Å². The zero-order chi connectivity index (χ0) is 33.6. The molecule has 0 aliphatic heterocycles. The molecule has 0 atom stereocenters. The van der Waals surface area contributed by atoms with Gasteiger partial charge < -0.3 is 18.9 Å². The number of unbranched alkanes of at least 4 members (excludes halogenated alkanes) is 4. The summed E-state index contributed by atoms with van der Waals surface area (Å²) in [6, 6.07) is 26.6. The van der Waals surface area contributed by atoms with Gasteiger partial charge in [-0.15, -0.1) is 0 Å². The lowest BCUT2D eigenvalue weighted by Crippen LogP contribution is -2.10. The van der Waals surface area contributed by atoms with E-state index >= 15 is 0 Å². The van der Waals surface area contributed by atoms with Crippen LogP contribution in [0.15, 0.2) is 72.8 Å². The molecule has 0 saturated heterocycles. The quantitative estimate of drug-likeness (QED) is 0.0998. The van der Waals surface area contributed by atoms with Gasteiger partial charge in [0.25, 0.3) is 0 Å². The van der Waals surface area contributed by atoms with E-state index in [9.17, 15) is 0 Å². The van der Waals surface area contributed by atoms with Crippen molar-refractivity contribution in [3.63, 3.8) is 0 Å². The van der Waals surface area contributed by atoms with E-state index in [4.69, 9.17) is 18.9 Å². The summed E-state index contributed by atoms with van der Waals surface area (Å²) in [4.78, 5) is 0. The maximum atomic E-state index is 6.67. The molecule has 0 spiro atoms. The van der Waals surface area contributed by atoms with Crippen LogP contribution in [0, 0.1) is 0 Å². The molecule has 0 unspecified atom stereocenters. The smallest absolute Gasteiger partial charge is 0.126 e. The van der Waals surface area contributed by atoms with Crippen LogP contribution in [-0.4, -0.2) is 26.4 Å². The van der Waals surface area contributed by atoms with Crippen LogP contribution in [0.5, 0.6) is 23.0 Å². The average Bonchev–Trinajstić information content (AvgIpc) is 3.09. The van der Waals surface area contributed by atoms with Crippen LogP contribution in [0.3, 0.4) is 0 Å². The second kappa shape index (κ2) is 18.6. The van der Waals surface area contributed by atoms with E-state index in [1.165, 1.54) is 44.5 Å². The molecule has 8 bridgehead atoms. The molecular formula is C44H56O4. The fraction of sp³-hybridized carbons (Fsp3) is 0.455. The Bertz CT molecular complexity index is 1270. The highest BCUT2D eigenvalue weighted by molar-refractivity contribution is 5.56. The van der Waals surface area contributed by atoms with Crippen molar-refractivity contribution in [2.24, 2.45) is 0 Å². The molecule has 0 saturated carbocycles. The number of fused-ring (bicyclic) bond motifs is 8. The van der Waals surface area contributed by atoms with Gasteiger partial charge in [0.2, 0.25) is 0 Å². The lowest BCUT2D eigenvalue weighted by atomic mass is 9.91. The van der Waals surface area contributed by atoms with Gasteiger partial charge in [-0.1, -0.05) is 126 Å². The van der Waals surface area contributed by atoms with Gasteiger partial charge in [-0.3, -0.25) is 0 Å². The van der Waals surface area contributed by atoms with Crippen LogP contribution in [0.4, 0.5) is 0 Å². The zero-order valence-corrected chi connectivity index (χ0v) is 29.9. The predicted molar refractivity (Wildman–Crippen MR) is 199 cm³/mol. The fourth-order valence-electron chi connectivity index (χ4n) is 6.50. The van der Waals surface area contributed by atoms with Gasteiger partial charge in [0.15, 0.2) is 0 Å². The third-order valence-corrected chi connectivity index (χ3v) is 9.21. The molecule has 0 aromatic heterocycles. The number of hydrogen-bond donors (Lipinski definition) is 0. The largest absolute Gasteiger partial charge is 0.493 e. The van der Waals surface area contributed by atoms with Crippen LogP contribution >= 0.6 is 0 Å². The molecule has 5 rings (SSSR count). The van der Waals surface area contributed by atoms with Crippen molar-refractivity contribution in [3.8, 4) is 23.0 Å². The molecule has 0 heterocycles. The van der Waals surface area contributed by atoms with Gasteiger partial charge in [-0.2, -0.15) is 0 Å². The van der Waals surface area contributed by atoms with Crippen molar-refractivity contribution < 1.29 is 18.9 Å². The zero-order valence-electron chi connectivity index (χ0n) is 29.9. The van der Waals surface area contributed by atoms with E-state index in [1.54, 1.807) is 0 Å². The maximum absolute atomic E-state index is 6.67. The summed E-state index contributed by atoms with van der Waals surface area (Å²) in [5.74, 6) is 4.02. The van der Waals surface area contributed by atoms with Crippen LogP contribution in [-0.2, 0) is 25.7 Å². The average molecular weight is 649 g/mol. The molecule has 48 heavy (non-hydrogen) atoms. The van der Waals surface area contributed by atoms with Crippen molar-refractivity contribution in [2.45, 2.75) is 105 Å². The van der Waals surface area contributed by atoms with E-state index in [0.717, 1.165) is 100 Å². The summed E-state index contributed by atoms with van der Waals surface area (Å²) < 4.78 is 26.7. The van der Waals surface area contributed by atoms with Gasteiger partial charge in [-0.25, -0.2) is 0 Å². The Morgan fingerprint density at radius 3 is 0.688 bits per heavy atom. The molecule has 4 nitrogen and oxygen atoms in total. The first-order chi connectivity index (χ1) is 23.7. The molecule has 4 heteroatoms. The molecule has 0 N–H and O–H groups in total. The Hall–Kier alpha value is -3.92. The number of ether oxygens (including phenoxy) is 4. The number of para-hydroxylation sites is 4. The Morgan fingerprint density at radius 2 is 0.521 bits per heavy atom. The van der Waals surface area contributed by atoms with Crippen LogP contribution < -0.4 is 18.9 Å². The maximum Gasteiger partial charge on any atom is 0.126 e. The Balaban J connectivity index is 1.70. The summed E-state index contributed by atoms with van der Waals surface area (Å²) in [7, 11) is 0. The molecule has 0 fully saturated rings.